The Morgan fingerprint density at radius 1 is 0.973 bits per heavy atom. The lowest BCUT2D eigenvalue weighted by molar-refractivity contribution is -0.123. The second kappa shape index (κ2) is 12.1. The van der Waals surface area contributed by atoms with Gasteiger partial charge in [0.25, 0.3) is 0 Å². The third-order valence-corrected chi connectivity index (χ3v) is 6.99. The van der Waals surface area contributed by atoms with Gasteiger partial charge in [-0.1, -0.05) is 56.3 Å². The zero-order valence-electron chi connectivity index (χ0n) is 20.8. The first-order valence-corrected chi connectivity index (χ1v) is 13.6. The number of benzene rings is 3. The molecule has 0 aromatic heterocycles. The van der Waals surface area contributed by atoms with Crippen LogP contribution in [0.25, 0.3) is 11.1 Å². The number of carbonyl (C=O) groups is 1. The minimum absolute atomic E-state index is 0.126. The van der Waals surface area contributed by atoms with E-state index in [1.807, 2.05) is 32.0 Å². The van der Waals surface area contributed by atoms with Gasteiger partial charge in [-0.3, -0.25) is 10.1 Å². The van der Waals surface area contributed by atoms with Gasteiger partial charge in [0.2, 0.25) is 5.91 Å². The quantitative estimate of drug-likeness (QED) is 0.372. The van der Waals surface area contributed by atoms with Crippen molar-refractivity contribution in [2.24, 2.45) is 5.92 Å². The Morgan fingerprint density at radius 2 is 1.57 bits per heavy atom. The Morgan fingerprint density at radius 3 is 2.08 bits per heavy atom. The van der Waals surface area contributed by atoms with E-state index in [0.717, 1.165) is 29.5 Å². The number of halogens is 2. The molecule has 0 heterocycles. The van der Waals surface area contributed by atoms with Gasteiger partial charge >= 0.3 is 0 Å². The molecule has 2 N–H and O–H groups in total. The molecule has 0 fully saturated rings. The van der Waals surface area contributed by atoms with E-state index < -0.39 is 33.6 Å². The van der Waals surface area contributed by atoms with Gasteiger partial charge in [-0.25, -0.2) is 17.2 Å². The molecule has 0 saturated heterocycles. The summed E-state index contributed by atoms with van der Waals surface area (Å²) in [5, 5.41) is 14.6. The van der Waals surface area contributed by atoms with E-state index in [9.17, 15) is 22.0 Å². The van der Waals surface area contributed by atoms with Crippen LogP contribution in [0.2, 0.25) is 0 Å². The lowest BCUT2D eigenvalue weighted by Gasteiger charge is -2.27. The summed E-state index contributed by atoms with van der Waals surface area (Å²) in [5.41, 5.74) is 2.43. The molecule has 1 amide bonds. The van der Waals surface area contributed by atoms with Gasteiger partial charge in [-0.2, -0.15) is 5.26 Å². The average Bonchev–Trinajstić information content (AvgIpc) is 2.85. The fourth-order valence-electron chi connectivity index (χ4n) is 4.04. The summed E-state index contributed by atoms with van der Waals surface area (Å²) in [4.78, 5) is 13.0. The molecule has 2 atom stereocenters. The van der Waals surface area contributed by atoms with Crippen molar-refractivity contribution >= 4 is 15.7 Å². The van der Waals surface area contributed by atoms with Gasteiger partial charge in [-0.15, -0.1) is 0 Å². The summed E-state index contributed by atoms with van der Waals surface area (Å²) in [7, 11) is -3.31. The summed E-state index contributed by atoms with van der Waals surface area (Å²) < 4.78 is 52.1. The van der Waals surface area contributed by atoms with E-state index in [0.29, 0.717) is 12.0 Å². The molecule has 37 heavy (non-hydrogen) atoms. The van der Waals surface area contributed by atoms with E-state index in [1.54, 1.807) is 24.3 Å². The number of rotatable bonds is 10. The van der Waals surface area contributed by atoms with Crippen LogP contribution in [-0.4, -0.2) is 33.2 Å². The van der Waals surface area contributed by atoms with Crippen LogP contribution in [0.4, 0.5) is 8.78 Å². The number of sulfone groups is 1. The highest BCUT2D eigenvalue weighted by Gasteiger charge is 2.27. The predicted octanol–water partition coefficient (Wildman–Crippen LogP) is 4.77. The molecule has 3 rings (SSSR count). The van der Waals surface area contributed by atoms with Gasteiger partial charge in [0, 0.05) is 17.9 Å². The van der Waals surface area contributed by atoms with Gasteiger partial charge in [0.05, 0.1) is 23.0 Å². The minimum atomic E-state index is -3.31. The number of hydrogen-bond acceptors (Lipinski definition) is 5. The van der Waals surface area contributed by atoms with Crippen LogP contribution in [0.1, 0.15) is 37.4 Å². The number of amides is 1. The average molecular weight is 526 g/mol. The maximum Gasteiger partial charge on any atom is 0.237 e. The van der Waals surface area contributed by atoms with Crippen LogP contribution < -0.4 is 10.6 Å². The molecule has 0 aliphatic carbocycles. The molecule has 0 saturated carbocycles. The van der Waals surface area contributed by atoms with E-state index in [4.69, 9.17) is 5.26 Å². The summed E-state index contributed by atoms with van der Waals surface area (Å²) >= 11 is 0. The first-order valence-electron chi connectivity index (χ1n) is 11.8. The van der Waals surface area contributed by atoms with Crippen molar-refractivity contribution in [1.29, 1.82) is 5.26 Å². The number of nitriles is 1. The number of carbonyl (C=O) groups excluding carboxylic acids is 1. The zero-order chi connectivity index (χ0) is 27.2. The second-order valence-corrected chi connectivity index (χ2v) is 11.3. The van der Waals surface area contributed by atoms with E-state index in [1.165, 1.54) is 18.2 Å². The molecule has 0 spiro atoms. The molecule has 3 aromatic rings. The van der Waals surface area contributed by atoms with E-state index in [2.05, 4.69) is 10.6 Å². The van der Waals surface area contributed by atoms with Crippen LogP contribution in [0.3, 0.4) is 0 Å². The van der Waals surface area contributed by atoms with Crippen molar-refractivity contribution in [3.8, 4) is 17.2 Å². The van der Waals surface area contributed by atoms with Crippen LogP contribution in [0, 0.1) is 28.9 Å². The highest BCUT2D eigenvalue weighted by atomic mass is 32.2. The van der Waals surface area contributed by atoms with Crippen molar-refractivity contribution < 1.29 is 22.0 Å². The molecule has 0 bridgehead atoms. The molecule has 0 aliphatic rings. The smallest absolute Gasteiger partial charge is 0.237 e. The second-order valence-electron chi connectivity index (χ2n) is 9.24. The van der Waals surface area contributed by atoms with Crippen LogP contribution in [-0.2, 0) is 14.6 Å². The normalized spacial score (nSPS) is 13.1. The Balaban J connectivity index is 1.98. The SMILES string of the molecule is CC(C)C[C@H](N[C@@H](c1ccc(-c2ccc(S(C)(=O)=O)cc2)cc1)c1ccc(F)cc1F)C(=O)NCC#N. The van der Waals surface area contributed by atoms with E-state index >= 15 is 0 Å². The summed E-state index contributed by atoms with van der Waals surface area (Å²) in [6, 6.07) is 17.3. The third kappa shape index (κ3) is 7.44. The lowest BCUT2D eigenvalue weighted by atomic mass is 9.93. The Hall–Kier alpha value is -3.61. The maximum absolute atomic E-state index is 14.9. The van der Waals surface area contributed by atoms with Crippen LogP contribution in [0.5, 0.6) is 0 Å². The molecule has 194 valence electrons. The summed E-state index contributed by atoms with van der Waals surface area (Å²) in [6.45, 7) is 3.74. The highest BCUT2D eigenvalue weighted by molar-refractivity contribution is 7.90. The van der Waals surface area contributed by atoms with E-state index in [-0.39, 0.29) is 28.8 Å². The van der Waals surface area contributed by atoms with Crippen molar-refractivity contribution in [1.82, 2.24) is 10.6 Å². The van der Waals surface area contributed by atoms with Gasteiger partial charge in [0.1, 0.15) is 18.2 Å². The Kier molecular flexibility index (Phi) is 9.14. The molecule has 0 radical (unpaired) electrons. The molecule has 3 aromatic carbocycles. The van der Waals surface area contributed by atoms with Gasteiger partial charge < -0.3 is 5.32 Å². The topological polar surface area (TPSA) is 99.1 Å². The number of nitrogens with zero attached hydrogens (tertiary/aromatic N) is 1. The molecule has 9 heteroatoms. The first-order chi connectivity index (χ1) is 17.5. The standard InChI is InChI=1S/C28H29F2N3O3S/c1-18(2)16-26(28(34)32-15-14-31)33-27(24-13-10-22(29)17-25(24)30)21-6-4-19(5-7-21)20-8-11-23(12-9-20)37(3,35)36/h4-13,17-18,26-27,33H,15-16H2,1-3H3,(H,32,34)/t26-,27-/m0/s1. The van der Waals surface area contributed by atoms with Crippen molar-refractivity contribution in [2.75, 3.05) is 12.8 Å². The van der Waals surface area contributed by atoms with Crippen LogP contribution >= 0.6 is 0 Å². The first kappa shape index (κ1) is 28.0. The molecule has 0 unspecified atom stereocenters. The number of nitrogens with one attached hydrogen (secondary N) is 2. The molecule has 0 aliphatic heterocycles. The molecule has 6 nitrogen and oxygen atoms in total. The lowest BCUT2D eigenvalue weighted by Crippen LogP contribution is -2.46. The van der Waals surface area contributed by atoms with Crippen molar-refractivity contribution in [3.05, 3.63) is 89.5 Å². The predicted molar refractivity (Wildman–Crippen MR) is 138 cm³/mol. The highest BCUT2D eigenvalue weighted by Crippen LogP contribution is 2.29. The summed E-state index contributed by atoms with van der Waals surface area (Å²) in [5.74, 6) is -1.72. The fraction of sp³-hybridized carbons (Fsp3) is 0.286. The monoisotopic (exact) mass is 525 g/mol. The fourth-order valence-corrected chi connectivity index (χ4v) is 4.67. The maximum atomic E-state index is 14.9. The van der Waals surface area contributed by atoms with Gasteiger partial charge in [0.15, 0.2) is 9.84 Å². The Bertz CT molecular complexity index is 1380. The van der Waals surface area contributed by atoms with Crippen LogP contribution in [0.15, 0.2) is 71.6 Å². The largest absolute Gasteiger partial charge is 0.342 e. The summed E-state index contributed by atoms with van der Waals surface area (Å²) in [6.07, 6.45) is 1.58. The van der Waals surface area contributed by atoms with Crippen molar-refractivity contribution in [3.63, 3.8) is 0 Å². The van der Waals surface area contributed by atoms with Crippen molar-refractivity contribution in [2.45, 2.75) is 37.2 Å². The zero-order valence-corrected chi connectivity index (χ0v) is 21.6. The molecular formula is C28H29F2N3O3S. The number of hydrogen-bond donors (Lipinski definition) is 2. The van der Waals surface area contributed by atoms with Gasteiger partial charge in [-0.05, 0) is 47.2 Å². The molecular weight excluding hydrogens is 496 g/mol. The minimum Gasteiger partial charge on any atom is -0.342 e. The third-order valence-electron chi connectivity index (χ3n) is 5.87. The Labute approximate surface area is 216 Å².